The fraction of sp³-hybridized carbons (Fsp3) is 0.667. The molecule has 102 valence electrons. The first-order valence-electron chi connectivity index (χ1n) is 7.03. The lowest BCUT2D eigenvalue weighted by Gasteiger charge is -2.19. The summed E-state index contributed by atoms with van der Waals surface area (Å²) in [5, 5.41) is 3.43. The highest BCUT2D eigenvalue weighted by Gasteiger charge is 2.03. The van der Waals surface area contributed by atoms with E-state index in [-0.39, 0.29) is 0 Å². The molecule has 0 fully saturated rings. The first-order valence-corrected chi connectivity index (χ1v) is 7.03. The molecule has 0 aromatic carbocycles. The Kier molecular flexibility index (Phi) is 6.73. The molecule has 0 spiro atoms. The predicted molar refractivity (Wildman–Crippen MR) is 79.0 cm³/mol. The van der Waals surface area contributed by atoms with Crippen LogP contribution in [0.3, 0.4) is 0 Å². The number of hydrogen-bond acceptors (Lipinski definition) is 3. The van der Waals surface area contributed by atoms with E-state index in [0.29, 0.717) is 6.04 Å². The van der Waals surface area contributed by atoms with Crippen LogP contribution in [0.4, 0.5) is 5.82 Å². The molecule has 3 nitrogen and oxygen atoms in total. The average molecular weight is 249 g/mol. The van der Waals surface area contributed by atoms with Crippen molar-refractivity contribution in [2.45, 2.75) is 52.6 Å². The summed E-state index contributed by atoms with van der Waals surface area (Å²) < 4.78 is 0. The van der Waals surface area contributed by atoms with Crippen LogP contribution in [0.1, 0.15) is 45.6 Å². The van der Waals surface area contributed by atoms with E-state index in [1.807, 2.05) is 6.20 Å². The molecule has 18 heavy (non-hydrogen) atoms. The number of unbranched alkanes of at least 4 members (excludes halogenated alkanes) is 2. The van der Waals surface area contributed by atoms with Crippen molar-refractivity contribution in [2.24, 2.45) is 0 Å². The van der Waals surface area contributed by atoms with Gasteiger partial charge in [-0.3, -0.25) is 0 Å². The zero-order chi connectivity index (χ0) is 13.4. The van der Waals surface area contributed by atoms with E-state index >= 15 is 0 Å². The van der Waals surface area contributed by atoms with Gasteiger partial charge in [0.05, 0.1) is 0 Å². The Labute approximate surface area is 112 Å². The molecule has 0 aliphatic rings. The molecule has 0 saturated heterocycles. The second-order valence-electron chi connectivity index (χ2n) is 5.19. The second-order valence-corrected chi connectivity index (χ2v) is 5.19. The lowest BCUT2D eigenvalue weighted by atomic mass is 10.2. The van der Waals surface area contributed by atoms with Crippen molar-refractivity contribution in [1.29, 1.82) is 0 Å². The number of nitrogens with zero attached hydrogens (tertiary/aromatic N) is 2. The number of hydrogen-bond donors (Lipinski definition) is 1. The Balaban J connectivity index is 2.52. The summed E-state index contributed by atoms with van der Waals surface area (Å²) in [6, 6.07) is 4.78. The Hall–Kier alpha value is -1.09. The molecule has 1 aromatic rings. The van der Waals surface area contributed by atoms with Crippen molar-refractivity contribution in [3.8, 4) is 0 Å². The van der Waals surface area contributed by atoms with Gasteiger partial charge in [-0.2, -0.15) is 0 Å². The minimum atomic E-state index is 0.517. The highest BCUT2D eigenvalue weighted by atomic mass is 15.2. The van der Waals surface area contributed by atoms with Crippen molar-refractivity contribution in [2.75, 3.05) is 18.5 Å². The molecular weight excluding hydrogens is 222 g/mol. The van der Waals surface area contributed by atoms with Crippen molar-refractivity contribution >= 4 is 5.82 Å². The average Bonchev–Trinajstić information content (AvgIpc) is 2.37. The molecule has 1 aromatic heterocycles. The third-order valence-corrected chi connectivity index (χ3v) is 3.01. The molecule has 1 heterocycles. The summed E-state index contributed by atoms with van der Waals surface area (Å²) >= 11 is 0. The van der Waals surface area contributed by atoms with E-state index in [1.54, 1.807) is 0 Å². The molecule has 0 bridgehead atoms. The zero-order valence-electron chi connectivity index (χ0n) is 12.2. The summed E-state index contributed by atoms with van der Waals surface area (Å²) in [4.78, 5) is 6.69. The minimum Gasteiger partial charge on any atom is -0.360 e. The van der Waals surface area contributed by atoms with Crippen LogP contribution >= 0.6 is 0 Å². The highest BCUT2D eigenvalue weighted by molar-refractivity contribution is 5.39. The maximum absolute atomic E-state index is 4.44. The maximum Gasteiger partial charge on any atom is 0.128 e. The van der Waals surface area contributed by atoms with Crippen molar-refractivity contribution in [3.63, 3.8) is 0 Å². The van der Waals surface area contributed by atoms with E-state index in [1.165, 1.54) is 24.8 Å². The Morgan fingerprint density at radius 2 is 2.11 bits per heavy atom. The zero-order valence-corrected chi connectivity index (χ0v) is 12.2. The molecule has 0 amide bonds. The van der Waals surface area contributed by atoms with Gasteiger partial charge in [0.15, 0.2) is 0 Å². The third kappa shape index (κ3) is 5.50. The Morgan fingerprint density at radius 1 is 1.33 bits per heavy atom. The van der Waals surface area contributed by atoms with Crippen LogP contribution in [0.2, 0.25) is 0 Å². The van der Waals surface area contributed by atoms with Crippen LogP contribution in [0.5, 0.6) is 0 Å². The fourth-order valence-corrected chi connectivity index (χ4v) is 1.81. The number of pyridine rings is 1. The van der Waals surface area contributed by atoms with E-state index in [0.717, 1.165) is 18.9 Å². The van der Waals surface area contributed by atoms with E-state index in [2.05, 4.69) is 55.2 Å². The van der Waals surface area contributed by atoms with Crippen LogP contribution in [0, 0.1) is 0 Å². The summed E-state index contributed by atoms with van der Waals surface area (Å²) in [5.41, 5.74) is 1.30. The van der Waals surface area contributed by atoms with Gasteiger partial charge in [0, 0.05) is 32.4 Å². The lowest BCUT2D eigenvalue weighted by molar-refractivity contribution is 0.588. The monoisotopic (exact) mass is 249 g/mol. The largest absolute Gasteiger partial charge is 0.360 e. The number of aromatic nitrogens is 1. The van der Waals surface area contributed by atoms with Crippen molar-refractivity contribution < 1.29 is 0 Å². The first kappa shape index (κ1) is 15.0. The molecule has 1 N–H and O–H groups in total. The van der Waals surface area contributed by atoms with Gasteiger partial charge >= 0.3 is 0 Å². The second kappa shape index (κ2) is 8.09. The van der Waals surface area contributed by atoms with Crippen LogP contribution in [0.15, 0.2) is 18.3 Å². The van der Waals surface area contributed by atoms with E-state index < -0.39 is 0 Å². The van der Waals surface area contributed by atoms with Crippen LogP contribution in [-0.4, -0.2) is 24.6 Å². The summed E-state index contributed by atoms with van der Waals surface area (Å²) in [5.74, 6) is 1.08. The standard InChI is InChI=1S/C15H27N3/c1-5-6-7-10-18(4)15-11-14(8-9-16-15)12-17-13(2)3/h8-9,11,13,17H,5-7,10,12H2,1-4H3. The van der Waals surface area contributed by atoms with Gasteiger partial charge in [-0.25, -0.2) is 4.98 Å². The van der Waals surface area contributed by atoms with Gasteiger partial charge in [-0.1, -0.05) is 33.6 Å². The molecule has 0 saturated carbocycles. The van der Waals surface area contributed by atoms with Gasteiger partial charge in [-0.05, 0) is 24.1 Å². The Morgan fingerprint density at radius 3 is 2.78 bits per heavy atom. The molecule has 0 radical (unpaired) electrons. The van der Waals surface area contributed by atoms with Gasteiger partial charge in [-0.15, -0.1) is 0 Å². The van der Waals surface area contributed by atoms with Gasteiger partial charge in [0.1, 0.15) is 5.82 Å². The molecule has 0 atom stereocenters. The van der Waals surface area contributed by atoms with Gasteiger partial charge < -0.3 is 10.2 Å². The van der Waals surface area contributed by atoms with Crippen molar-refractivity contribution in [3.05, 3.63) is 23.9 Å². The molecular formula is C15H27N3. The molecule has 0 aliphatic carbocycles. The maximum atomic E-state index is 4.44. The molecule has 0 unspecified atom stereocenters. The van der Waals surface area contributed by atoms with Crippen LogP contribution in [0.25, 0.3) is 0 Å². The predicted octanol–water partition coefficient (Wildman–Crippen LogP) is 3.21. The van der Waals surface area contributed by atoms with Crippen molar-refractivity contribution in [1.82, 2.24) is 10.3 Å². The smallest absolute Gasteiger partial charge is 0.128 e. The van der Waals surface area contributed by atoms with Gasteiger partial charge in [0.25, 0.3) is 0 Å². The van der Waals surface area contributed by atoms with Gasteiger partial charge in [0.2, 0.25) is 0 Å². The molecule has 1 rings (SSSR count). The van der Waals surface area contributed by atoms with Crippen LogP contribution in [-0.2, 0) is 6.54 Å². The molecule has 0 aliphatic heterocycles. The summed E-state index contributed by atoms with van der Waals surface area (Å²) in [6.07, 6.45) is 5.70. The SMILES string of the molecule is CCCCCN(C)c1cc(CNC(C)C)ccn1. The van der Waals surface area contributed by atoms with E-state index in [9.17, 15) is 0 Å². The lowest BCUT2D eigenvalue weighted by Crippen LogP contribution is -2.23. The number of anilines is 1. The van der Waals surface area contributed by atoms with Crippen LogP contribution < -0.4 is 10.2 Å². The van der Waals surface area contributed by atoms with E-state index in [4.69, 9.17) is 0 Å². The number of rotatable bonds is 8. The minimum absolute atomic E-state index is 0.517. The Bertz CT molecular complexity index is 336. The molecule has 3 heteroatoms. The quantitative estimate of drug-likeness (QED) is 0.717. The summed E-state index contributed by atoms with van der Waals surface area (Å²) in [7, 11) is 2.12. The normalized spacial score (nSPS) is 10.9. The fourth-order valence-electron chi connectivity index (χ4n) is 1.81. The highest BCUT2D eigenvalue weighted by Crippen LogP contribution is 2.12. The topological polar surface area (TPSA) is 28.2 Å². The first-order chi connectivity index (χ1) is 8.63. The summed E-state index contributed by atoms with van der Waals surface area (Å²) in [6.45, 7) is 8.56. The number of nitrogens with one attached hydrogen (secondary N) is 1. The third-order valence-electron chi connectivity index (χ3n) is 3.01.